The fraction of sp³-hybridized carbons (Fsp3) is 0.479. The SMILES string of the molecule is CC/C=C1\C2=C(NC(=O)OC)C(=O)C[C@@]1(O)C#C/C=C\C#C[C@]2(O)OC1OC(C)C(C)(C(=O)c2nccc3c2[nH]c2ccc(O)cc23)C(O)C1OC1CC(C)C(N(C(C)=O)C(C)C)CO1.S=S=S. The molecule has 0 spiro atoms. The lowest BCUT2D eigenvalue weighted by Crippen LogP contribution is -2.66. The molecule has 68 heavy (non-hydrogen) atoms. The third kappa shape index (κ3) is 10.1. The van der Waals surface area contributed by atoms with Gasteiger partial charge < -0.3 is 54.0 Å². The third-order valence-corrected chi connectivity index (χ3v) is 12.7. The molecule has 7 rings (SSSR count). The number of pyridine rings is 1. The number of carbonyl (C=O) groups is 4. The zero-order chi connectivity index (χ0) is 49.9. The number of alkyl carbamates (subject to hydrolysis) is 1. The number of hydrogen-bond acceptors (Lipinski definition) is 16. The first-order valence-corrected chi connectivity index (χ1v) is 24.5. The second kappa shape index (κ2) is 21.2. The number of methoxy groups -OCH3 is 1. The maximum atomic E-state index is 15.1. The van der Waals surface area contributed by atoms with Gasteiger partial charge in [-0.2, -0.15) is 0 Å². The minimum atomic E-state index is -2.94. The van der Waals surface area contributed by atoms with Crippen molar-refractivity contribution in [2.24, 2.45) is 11.3 Å². The number of aromatic nitrogens is 2. The number of amides is 2. The number of aliphatic hydroxyl groups is 3. The Labute approximate surface area is 406 Å². The number of aromatic amines is 1. The standard InChI is InChI=1S/C48H54N4O13.S3/c1-9-14-32-37-39(51-45(58)61-8)35(55)23-47(32,59)18-12-10-11-13-19-48(37,60)65-44-41(64-36-21-26(4)34(24-62-36)52(25(2)3)28(6)53)43(57)46(7,27(5)63-44)42(56)40-38-30(17-20-49-40)31-22-29(54)15-16-33(31)50-38;1-3-2/h10-11,14-17,20,22,25-27,34,36,41,43-44,50,54,57,59-60H,9,21,23-24H2,1-8H3,(H,51,58);/b11-10-,32-14+;/t26?,27?,34?,36?,41?,43?,44?,46?,47-,48-;/m0./s1. The van der Waals surface area contributed by atoms with Crippen molar-refractivity contribution in [3.63, 3.8) is 0 Å². The first-order valence-electron chi connectivity index (χ1n) is 21.8. The molecular formula is C48H54N4O13S3. The zero-order valence-corrected chi connectivity index (χ0v) is 41.1. The van der Waals surface area contributed by atoms with Crippen LogP contribution in [0, 0.1) is 35.0 Å². The molecule has 17 nitrogen and oxygen atoms in total. The van der Waals surface area contributed by atoms with Gasteiger partial charge in [-0.3, -0.25) is 24.7 Å². The van der Waals surface area contributed by atoms with Crippen molar-refractivity contribution in [2.75, 3.05) is 13.7 Å². The number of fused-ring (bicyclic) bond motifs is 5. The second-order valence-electron chi connectivity index (χ2n) is 17.4. The molecule has 0 saturated carbocycles. The molecule has 2 aromatic heterocycles. The summed E-state index contributed by atoms with van der Waals surface area (Å²) in [4.78, 5) is 63.9. The van der Waals surface area contributed by atoms with E-state index in [2.05, 4.69) is 61.3 Å². The van der Waals surface area contributed by atoms with Crippen molar-refractivity contribution in [2.45, 2.75) is 122 Å². The number of rotatable bonds is 10. The molecule has 6 N–H and O–H groups in total. The van der Waals surface area contributed by atoms with E-state index in [1.807, 2.05) is 20.8 Å². The van der Waals surface area contributed by atoms with Crippen LogP contribution < -0.4 is 5.32 Å². The van der Waals surface area contributed by atoms with Crippen LogP contribution in [0.15, 0.2) is 65.5 Å². The average Bonchev–Trinajstić information content (AvgIpc) is 3.65. The largest absolute Gasteiger partial charge is 0.508 e. The van der Waals surface area contributed by atoms with E-state index >= 15 is 4.79 Å². The van der Waals surface area contributed by atoms with Crippen LogP contribution in [0.25, 0.3) is 21.8 Å². The molecule has 2 bridgehead atoms. The highest BCUT2D eigenvalue weighted by Gasteiger charge is 2.60. The molecule has 10 atom stereocenters. The Kier molecular flexibility index (Phi) is 16.2. The zero-order valence-electron chi connectivity index (χ0n) is 38.6. The summed E-state index contributed by atoms with van der Waals surface area (Å²) in [6.45, 7) is 12.0. The van der Waals surface area contributed by atoms with Gasteiger partial charge in [0.15, 0.2) is 29.7 Å². The Morgan fingerprint density at radius 2 is 1.82 bits per heavy atom. The maximum absolute atomic E-state index is 15.1. The summed E-state index contributed by atoms with van der Waals surface area (Å²) < 4.78 is 30.7. The van der Waals surface area contributed by atoms with Crippen LogP contribution in [0.2, 0.25) is 0 Å². The fourth-order valence-corrected chi connectivity index (χ4v) is 9.27. The lowest BCUT2D eigenvalue weighted by molar-refractivity contribution is -0.364. The summed E-state index contributed by atoms with van der Waals surface area (Å²) in [7, 11) is 1.99. The average molecular weight is 991 g/mol. The molecule has 2 saturated heterocycles. The highest BCUT2D eigenvalue weighted by molar-refractivity contribution is 8.37. The number of Topliss-reactive ketones (excluding diaryl/α,β-unsaturated/α-hetero) is 2. The van der Waals surface area contributed by atoms with E-state index < -0.39 is 83.0 Å². The number of phenolic OH excluding ortho intramolecular Hbond substituents is 1. The number of nitrogens with one attached hydrogen (secondary N) is 2. The van der Waals surface area contributed by atoms with Gasteiger partial charge in [0.1, 0.15) is 23.7 Å². The van der Waals surface area contributed by atoms with Crippen molar-refractivity contribution < 1.29 is 63.3 Å². The molecule has 4 aliphatic rings. The Balaban J connectivity index is 0.00000247. The summed E-state index contributed by atoms with van der Waals surface area (Å²) in [6, 6.07) is 5.97. The van der Waals surface area contributed by atoms with Crippen molar-refractivity contribution in [1.82, 2.24) is 20.2 Å². The van der Waals surface area contributed by atoms with Crippen molar-refractivity contribution >= 4 is 76.6 Å². The summed E-state index contributed by atoms with van der Waals surface area (Å²) in [5, 5.41) is 51.5. The van der Waals surface area contributed by atoms with E-state index in [0.717, 1.165) is 16.0 Å². The molecule has 8 unspecified atom stereocenters. The van der Waals surface area contributed by atoms with Crippen molar-refractivity contribution in [3.05, 3.63) is 71.2 Å². The highest BCUT2D eigenvalue weighted by atomic mass is 33.1. The van der Waals surface area contributed by atoms with Gasteiger partial charge in [-0.25, -0.2) is 4.79 Å². The van der Waals surface area contributed by atoms with E-state index in [1.165, 1.54) is 51.3 Å². The quantitative estimate of drug-likeness (QED) is 0.0955. The fourth-order valence-electron chi connectivity index (χ4n) is 9.27. The molecule has 3 aromatic rings. The Hall–Kier alpha value is -5.23. The number of H-pyrrole nitrogens is 1. The molecule has 2 fully saturated rings. The number of aliphatic hydroxyl groups excluding tert-OH is 1. The lowest BCUT2D eigenvalue weighted by Gasteiger charge is -2.51. The molecule has 20 heteroatoms. The second-order valence-corrected chi connectivity index (χ2v) is 19.1. The number of carbonyl (C=O) groups excluding carboxylic acids is 4. The van der Waals surface area contributed by atoms with Crippen LogP contribution in [0.4, 0.5) is 4.79 Å². The molecular weight excluding hydrogens is 937 g/mol. The van der Waals surface area contributed by atoms with Gasteiger partial charge >= 0.3 is 6.09 Å². The van der Waals surface area contributed by atoms with Crippen molar-refractivity contribution in [3.8, 4) is 29.4 Å². The number of allylic oxidation sites excluding steroid dienone is 4. The smallest absolute Gasteiger partial charge is 0.411 e. The van der Waals surface area contributed by atoms with Crippen LogP contribution >= 0.6 is 0 Å². The molecule has 4 heterocycles. The lowest BCUT2D eigenvalue weighted by atomic mass is 9.70. The monoisotopic (exact) mass is 990 g/mol. The Morgan fingerprint density at radius 1 is 1.13 bits per heavy atom. The van der Waals surface area contributed by atoms with E-state index in [-0.39, 0.29) is 60.4 Å². The van der Waals surface area contributed by atoms with Crippen LogP contribution in [0.5, 0.6) is 5.75 Å². The van der Waals surface area contributed by atoms with E-state index in [9.17, 15) is 34.8 Å². The number of phenols is 1. The van der Waals surface area contributed by atoms with E-state index in [0.29, 0.717) is 21.8 Å². The topological polar surface area (TPSA) is 239 Å². The number of nitrogens with zero attached hydrogens (tertiary/aromatic N) is 2. The molecule has 362 valence electrons. The molecule has 2 amide bonds. The molecule has 1 aromatic carbocycles. The van der Waals surface area contributed by atoms with Gasteiger partial charge in [0.05, 0.1) is 54.5 Å². The normalized spacial score (nSPS) is 31.1. The summed E-state index contributed by atoms with van der Waals surface area (Å²) in [6.07, 6.45) is -3.32. The number of hydrogen-bond donors (Lipinski definition) is 6. The van der Waals surface area contributed by atoms with E-state index in [4.69, 9.17) is 23.7 Å². The minimum absolute atomic E-state index is 0.0175. The number of ketones is 2. The number of ether oxygens (including phenoxy) is 5. The maximum Gasteiger partial charge on any atom is 0.411 e. The summed E-state index contributed by atoms with van der Waals surface area (Å²) in [5.41, 5.74) is -4.22. The first kappa shape index (κ1) is 52.1. The third-order valence-electron chi connectivity index (χ3n) is 12.7. The van der Waals surface area contributed by atoms with Gasteiger partial charge in [-0.15, -0.1) is 0 Å². The molecule has 2 aliphatic heterocycles. The van der Waals surface area contributed by atoms with E-state index in [1.54, 1.807) is 30.0 Å². The number of aromatic hydroxyl groups is 1. The van der Waals surface area contributed by atoms with Gasteiger partial charge in [0, 0.05) is 78.7 Å². The van der Waals surface area contributed by atoms with Gasteiger partial charge in [0.2, 0.25) is 5.91 Å². The Bertz CT molecular complexity index is 2760. The van der Waals surface area contributed by atoms with Crippen LogP contribution in [0.3, 0.4) is 0 Å². The predicted molar refractivity (Wildman–Crippen MR) is 256 cm³/mol. The Morgan fingerprint density at radius 3 is 2.46 bits per heavy atom. The van der Waals surface area contributed by atoms with Crippen molar-refractivity contribution in [1.29, 1.82) is 0 Å². The van der Waals surface area contributed by atoms with Gasteiger partial charge in [0.25, 0.3) is 5.79 Å². The highest BCUT2D eigenvalue weighted by Crippen LogP contribution is 2.47. The van der Waals surface area contributed by atoms with Gasteiger partial charge in [-0.05, 0) is 82.4 Å². The van der Waals surface area contributed by atoms with Crippen LogP contribution in [-0.2, 0) is 64.5 Å². The molecule has 0 radical (unpaired) electrons. The summed E-state index contributed by atoms with van der Waals surface area (Å²) >= 11 is 8.25. The van der Waals surface area contributed by atoms with Crippen LogP contribution in [-0.4, -0.2) is 127 Å². The predicted octanol–water partition coefficient (Wildman–Crippen LogP) is 4.03. The summed E-state index contributed by atoms with van der Waals surface area (Å²) in [5.74, 6) is 5.89. The minimum Gasteiger partial charge on any atom is -0.508 e. The van der Waals surface area contributed by atoms with Gasteiger partial charge in [-0.1, -0.05) is 37.7 Å². The number of benzene rings is 1. The van der Waals surface area contributed by atoms with Crippen LogP contribution in [0.1, 0.15) is 78.2 Å². The first-order chi connectivity index (χ1) is 32.2. The molecule has 2 aliphatic carbocycles.